The fourth-order valence-electron chi connectivity index (χ4n) is 4.78. The third kappa shape index (κ3) is 4.07. The molecule has 3 heteroatoms. The molecule has 3 nitrogen and oxygen atoms in total. The summed E-state index contributed by atoms with van der Waals surface area (Å²) in [5, 5.41) is 30.8. The summed E-state index contributed by atoms with van der Waals surface area (Å²) in [6.07, 6.45) is 7.44. The van der Waals surface area contributed by atoms with Gasteiger partial charge in [0.05, 0.1) is 18.3 Å². The summed E-state index contributed by atoms with van der Waals surface area (Å²) in [5.74, 6) is 0.718. The van der Waals surface area contributed by atoms with E-state index in [1.165, 1.54) is 0 Å². The first-order chi connectivity index (χ1) is 10.7. The maximum atomic E-state index is 10.9. The molecule has 0 aliphatic heterocycles. The summed E-state index contributed by atoms with van der Waals surface area (Å²) >= 11 is 0. The largest absolute Gasteiger partial charge is 0.392 e. The molecule has 1 fully saturated rings. The molecule has 1 saturated carbocycles. The van der Waals surface area contributed by atoms with Crippen LogP contribution in [0.5, 0.6) is 0 Å². The zero-order chi connectivity index (χ0) is 17.3. The van der Waals surface area contributed by atoms with Gasteiger partial charge in [0, 0.05) is 0 Å². The number of hydrogen-bond acceptors (Lipinski definition) is 3. The third-order valence-electron chi connectivity index (χ3n) is 6.56. The number of aliphatic hydroxyl groups is 3. The first-order valence-electron chi connectivity index (χ1n) is 9.05. The molecule has 2 rings (SSSR count). The minimum Gasteiger partial charge on any atom is -0.392 e. The summed E-state index contributed by atoms with van der Waals surface area (Å²) in [6, 6.07) is 0. The molecule has 2 aliphatic rings. The van der Waals surface area contributed by atoms with Gasteiger partial charge < -0.3 is 15.3 Å². The lowest BCUT2D eigenvalue weighted by Gasteiger charge is -2.53. The van der Waals surface area contributed by atoms with E-state index in [1.54, 1.807) is 0 Å². The quantitative estimate of drug-likeness (QED) is 0.647. The second kappa shape index (κ2) is 7.08. The SMILES string of the molecule is C=C1CCC2C(C)(O)CCC(CC=C(CO)CCC1O)C2(C)C. The van der Waals surface area contributed by atoms with Crippen molar-refractivity contribution < 1.29 is 15.3 Å². The highest BCUT2D eigenvalue weighted by Crippen LogP contribution is 2.53. The Balaban J connectivity index is 2.32. The van der Waals surface area contributed by atoms with E-state index in [9.17, 15) is 15.3 Å². The Kier molecular flexibility index (Phi) is 5.76. The van der Waals surface area contributed by atoms with Gasteiger partial charge >= 0.3 is 0 Å². The average Bonchev–Trinajstić information content (AvgIpc) is 2.46. The van der Waals surface area contributed by atoms with Gasteiger partial charge in [0.2, 0.25) is 0 Å². The molecule has 4 unspecified atom stereocenters. The van der Waals surface area contributed by atoms with Crippen molar-refractivity contribution in [3.63, 3.8) is 0 Å². The smallest absolute Gasteiger partial charge is 0.0750 e. The molecule has 0 spiro atoms. The van der Waals surface area contributed by atoms with Crippen LogP contribution in [0.2, 0.25) is 0 Å². The Morgan fingerprint density at radius 1 is 1.17 bits per heavy atom. The van der Waals surface area contributed by atoms with Gasteiger partial charge in [-0.25, -0.2) is 0 Å². The second-order valence-electron chi connectivity index (χ2n) is 8.47. The van der Waals surface area contributed by atoms with Gasteiger partial charge in [-0.05, 0) is 80.3 Å². The number of fused-ring (bicyclic) bond motifs is 2. The molecule has 2 bridgehead atoms. The van der Waals surface area contributed by atoms with Crippen molar-refractivity contribution in [1.29, 1.82) is 0 Å². The Hall–Kier alpha value is -0.640. The molecule has 0 saturated heterocycles. The Labute approximate surface area is 141 Å². The second-order valence-corrected chi connectivity index (χ2v) is 8.47. The van der Waals surface area contributed by atoms with Crippen LogP contribution in [0.15, 0.2) is 23.8 Å². The lowest BCUT2D eigenvalue weighted by molar-refractivity contribution is -0.118. The molecule has 3 N–H and O–H groups in total. The monoisotopic (exact) mass is 322 g/mol. The summed E-state index contributed by atoms with van der Waals surface area (Å²) in [6.45, 7) is 10.6. The fourth-order valence-corrected chi connectivity index (χ4v) is 4.78. The van der Waals surface area contributed by atoms with Crippen LogP contribution in [-0.4, -0.2) is 33.6 Å². The van der Waals surface area contributed by atoms with E-state index in [4.69, 9.17) is 0 Å². The van der Waals surface area contributed by atoms with Crippen LogP contribution < -0.4 is 0 Å². The van der Waals surface area contributed by atoms with Crippen LogP contribution >= 0.6 is 0 Å². The minimum absolute atomic E-state index is 0.0310. The minimum atomic E-state index is -0.654. The maximum Gasteiger partial charge on any atom is 0.0750 e. The van der Waals surface area contributed by atoms with E-state index in [1.807, 2.05) is 6.92 Å². The highest BCUT2D eigenvalue weighted by atomic mass is 16.3. The van der Waals surface area contributed by atoms with Gasteiger partial charge in [-0.1, -0.05) is 26.5 Å². The highest BCUT2D eigenvalue weighted by molar-refractivity contribution is 5.11. The van der Waals surface area contributed by atoms with Crippen molar-refractivity contribution in [1.82, 2.24) is 0 Å². The molecule has 0 heterocycles. The van der Waals surface area contributed by atoms with E-state index in [2.05, 4.69) is 26.5 Å². The van der Waals surface area contributed by atoms with Crippen molar-refractivity contribution in [2.24, 2.45) is 17.3 Å². The van der Waals surface area contributed by atoms with Gasteiger partial charge in [0.1, 0.15) is 0 Å². The summed E-state index contributed by atoms with van der Waals surface area (Å²) in [4.78, 5) is 0. The van der Waals surface area contributed by atoms with E-state index < -0.39 is 11.7 Å². The molecular weight excluding hydrogens is 288 g/mol. The van der Waals surface area contributed by atoms with Crippen LogP contribution in [0, 0.1) is 17.3 Å². The van der Waals surface area contributed by atoms with Crippen molar-refractivity contribution >= 4 is 0 Å². The maximum absolute atomic E-state index is 10.9. The van der Waals surface area contributed by atoms with Gasteiger partial charge in [0.15, 0.2) is 0 Å². The zero-order valence-electron chi connectivity index (χ0n) is 15.0. The van der Waals surface area contributed by atoms with Crippen LogP contribution in [0.1, 0.15) is 65.7 Å². The summed E-state index contributed by atoms with van der Waals surface area (Å²) in [7, 11) is 0. The van der Waals surface area contributed by atoms with Crippen molar-refractivity contribution in [2.75, 3.05) is 6.61 Å². The summed E-state index contributed by atoms with van der Waals surface area (Å²) in [5.41, 5.74) is 1.25. The number of hydrogen-bond donors (Lipinski definition) is 3. The van der Waals surface area contributed by atoms with Crippen molar-refractivity contribution in [2.45, 2.75) is 77.4 Å². The van der Waals surface area contributed by atoms with Gasteiger partial charge in [-0.3, -0.25) is 0 Å². The van der Waals surface area contributed by atoms with E-state index in [-0.39, 0.29) is 17.9 Å². The van der Waals surface area contributed by atoms with Crippen LogP contribution in [0.4, 0.5) is 0 Å². The molecule has 0 aromatic heterocycles. The number of aliphatic hydroxyl groups excluding tert-OH is 2. The predicted molar refractivity (Wildman–Crippen MR) is 94.0 cm³/mol. The van der Waals surface area contributed by atoms with Crippen LogP contribution in [-0.2, 0) is 0 Å². The van der Waals surface area contributed by atoms with Gasteiger partial charge in [0.25, 0.3) is 0 Å². The molecule has 4 atom stereocenters. The molecule has 2 aliphatic carbocycles. The van der Waals surface area contributed by atoms with Crippen molar-refractivity contribution in [3.05, 3.63) is 23.8 Å². The van der Waals surface area contributed by atoms with E-state index in [0.29, 0.717) is 12.3 Å². The van der Waals surface area contributed by atoms with Gasteiger partial charge in [-0.15, -0.1) is 0 Å². The highest BCUT2D eigenvalue weighted by Gasteiger charge is 2.49. The van der Waals surface area contributed by atoms with Crippen LogP contribution in [0.25, 0.3) is 0 Å². The topological polar surface area (TPSA) is 60.7 Å². The van der Waals surface area contributed by atoms with E-state index in [0.717, 1.165) is 49.7 Å². The average molecular weight is 322 g/mol. The van der Waals surface area contributed by atoms with Gasteiger partial charge in [-0.2, -0.15) is 0 Å². The zero-order valence-corrected chi connectivity index (χ0v) is 15.0. The lowest BCUT2D eigenvalue weighted by Crippen LogP contribution is -2.51. The normalized spacial score (nSPS) is 39.1. The molecule has 23 heavy (non-hydrogen) atoms. The number of rotatable bonds is 1. The number of allylic oxidation sites excluding steroid dienone is 1. The standard InChI is InChI=1S/C20H34O3/c1-14-5-10-18-19(2,3)16(11-12-20(18,4)23)8-6-15(13-21)7-9-17(14)22/h6,16-18,21-23H,1,5,7-13H2,2-4H3. The van der Waals surface area contributed by atoms with Crippen molar-refractivity contribution in [3.8, 4) is 0 Å². The predicted octanol–water partition coefficient (Wildman–Crippen LogP) is 3.59. The lowest BCUT2D eigenvalue weighted by atomic mass is 9.54. The molecule has 0 radical (unpaired) electrons. The molecular formula is C20H34O3. The molecule has 0 amide bonds. The Morgan fingerprint density at radius 3 is 2.52 bits per heavy atom. The first kappa shape index (κ1) is 18.7. The Morgan fingerprint density at radius 2 is 1.87 bits per heavy atom. The first-order valence-corrected chi connectivity index (χ1v) is 9.05. The third-order valence-corrected chi connectivity index (χ3v) is 6.56. The van der Waals surface area contributed by atoms with Crippen LogP contribution in [0.3, 0.4) is 0 Å². The molecule has 0 aromatic rings. The molecule has 132 valence electrons. The van der Waals surface area contributed by atoms with E-state index >= 15 is 0 Å². The Bertz CT molecular complexity index is 462. The molecule has 0 aromatic carbocycles. The fraction of sp³-hybridized carbons (Fsp3) is 0.800. The summed E-state index contributed by atoms with van der Waals surface area (Å²) < 4.78 is 0.